The lowest BCUT2D eigenvalue weighted by Crippen LogP contribution is -2.27. The van der Waals surface area contributed by atoms with Gasteiger partial charge in [-0.3, -0.25) is 19.3 Å². The fraction of sp³-hybridized carbons (Fsp3) is 0.148. The van der Waals surface area contributed by atoms with Crippen LogP contribution in [-0.4, -0.2) is 35.2 Å². The maximum Gasteiger partial charge on any atom is 0.293 e. The Hall–Kier alpha value is -2.98. The van der Waals surface area contributed by atoms with Crippen LogP contribution in [0.15, 0.2) is 70.0 Å². The first kappa shape index (κ1) is 28.0. The summed E-state index contributed by atoms with van der Waals surface area (Å²) in [6.07, 6.45) is 1.61. The van der Waals surface area contributed by atoms with Gasteiger partial charge in [0.2, 0.25) is 0 Å². The summed E-state index contributed by atoms with van der Waals surface area (Å²) in [4.78, 5) is 39.3. The number of para-hydroxylation sites is 1. The summed E-state index contributed by atoms with van der Waals surface area (Å²) in [5.41, 5.74) is 1.96. The van der Waals surface area contributed by atoms with E-state index in [2.05, 4.69) is 21.2 Å². The van der Waals surface area contributed by atoms with Gasteiger partial charge in [-0.2, -0.15) is 0 Å². The van der Waals surface area contributed by atoms with Crippen LogP contribution in [0.2, 0.25) is 10.0 Å². The maximum absolute atomic E-state index is 13.0. The first-order valence-electron chi connectivity index (χ1n) is 11.4. The third-order valence-electron chi connectivity index (χ3n) is 5.23. The lowest BCUT2D eigenvalue weighted by molar-refractivity contribution is -0.123. The van der Waals surface area contributed by atoms with Gasteiger partial charge in [0.05, 0.1) is 32.6 Å². The lowest BCUT2D eigenvalue weighted by Gasteiger charge is -2.15. The molecule has 0 radical (unpaired) electrons. The van der Waals surface area contributed by atoms with E-state index in [0.29, 0.717) is 49.4 Å². The number of imide groups is 1. The molecule has 1 aliphatic rings. The molecule has 1 N–H and O–H groups in total. The van der Waals surface area contributed by atoms with Gasteiger partial charge in [-0.1, -0.05) is 47.5 Å². The first-order chi connectivity index (χ1) is 18.2. The number of thioether (sulfide) groups is 1. The molecule has 1 aliphatic heterocycles. The normalized spacial score (nSPS) is 14.2. The summed E-state index contributed by atoms with van der Waals surface area (Å²) in [5, 5.41) is 3.11. The average molecular weight is 636 g/mol. The molecule has 3 amide bonds. The van der Waals surface area contributed by atoms with E-state index in [0.717, 1.165) is 16.7 Å². The van der Waals surface area contributed by atoms with Gasteiger partial charge in [0.15, 0.2) is 18.1 Å². The van der Waals surface area contributed by atoms with Gasteiger partial charge in [-0.05, 0) is 88.2 Å². The van der Waals surface area contributed by atoms with E-state index >= 15 is 0 Å². The Labute approximate surface area is 242 Å². The Morgan fingerprint density at radius 2 is 1.82 bits per heavy atom. The van der Waals surface area contributed by atoms with Crippen LogP contribution in [0, 0.1) is 0 Å². The second-order valence-corrected chi connectivity index (χ2v) is 10.6. The Morgan fingerprint density at radius 3 is 2.53 bits per heavy atom. The molecule has 1 heterocycles. The van der Waals surface area contributed by atoms with Gasteiger partial charge in [0.1, 0.15) is 0 Å². The van der Waals surface area contributed by atoms with Crippen LogP contribution in [0.25, 0.3) is 6.08 Å². The van der Waals surface area contributed by atoms with E-state index in [1.165, 1.54) is 0 Å². The monoisotopic (exact) mass is 634 g/mol. The fourth-order valence-electron chi connectivity index (χ4n) is 3.54. The van der Waals surface area contributed by atoms with Crippen molar-refractivity contribution < 1.29 is 23.9 Å². The summed E-state index contributed by atoms with van der Waals surface area (Å²) in [6, 6.07) is 17.4. The Bertz CT molecular complexity index is 1420. The molecule has 3 aromatic carbocycles. The molecule has 0 saturated carbocycles. The standard InChI is InChI=1S/C27H21BrCl2N2O5S/c1-2-36-22-12-17(10-19(28)25(22)37-15-24(33)31-18-6-4-3-5-7-18)13-23-26(34)32(27(35)38-23)14-16-8-9-20(29)21(30)11-16/h3-13H,2,14-15H2,1H3,(H,31,33)/b23-13-. The van der Waals surface area contributed by atoms with Crippen LogP contribution in [-0.2, 0) is 16.1 Å². The number of benzene rings is 3. The van der Waals surface area contributed by atoms with E-state index < -0.39 is 5.91 Å². The van der Waals surface area contributed by atoms with Crippen LogP contribution < -0.4 is 14.8 Å². The molecule has 0 atom stereocenters. The number of nitrogens with one attached hydrogen (secondary N) is 1. The summed E-state index contributed by atoms with van der Waals surface area (Å²) in [6.45, 7) is 2.01. The molecular formula is C27H21BrCl2N2O5S. The molecule has 3 aromatic rings. The number of carbonyl (C=O) groups is 3. The van der Waals surface area contributed by atoms with Gasteiger partial charge in [-0.25, -0.2) is 0 Å². The predicted octanol–water partition coefficient (Wildman–Crippen LogP) is 7.41. The van der Waals surface area contributed by atoms with Crippen molar-refractivity contribution in [1.82, 2.24) is 4.90 Å². The van der Waals surface area contributed by atoms with Crippen molar-refractivity contribution in [2.24, 2.45) is 0 Å². The minimum atomic E-state index is -0.418. The van der Waals surface area contributed by atoms with Gasteiger partial charge in [0, 0.05) is 5.69 Å². The Morgan fingerprint density at radius 1 is 1.05 bits per heavy atom. The first-order valence-corrected chi connectivity index (χ1v) is 13.7. The number of amides is 3. The minimum Gasteiger partial charge on any atom is -0.490 e. The predicted molar refractivity (Wildman–Crippen MR) is 154 cm³/mol. The summed E-state index contributed by atoms with van der Waals surface area (Å²) in [7, 11) is 0. The topological polar surface area (TPSA) is 84.9 Å². The number of anilines is 1. The zero-order valence-corrected chi connectivity index (χ0v) is 23.9. The fourth-order valence-corrected chi connectivity index (χ4v) is 5.27. The lowest BCUT2D eigenvalue weighted by atomic mass is 10.1. The van der Waals surface area contributed by atoms with Crippen LogP contribution in [0.5, 0.6) is 11.5 Å². The highest BCUT2D eigenvalue weighted by atomic mass is 79.9. The molecule has 0 aliphatic carbocycles. The molecule has 11 heteroatoms. The number of nitrogens with zero attached hydrogens (tertiary/aromatic N) is 1. The Kier molecular flexibility index (Phi) is 9.38. The van der Waals surface area contributed by atoms with Crippen LogP contribution in [0.4, 0.5) is 10.5 Å². The Balaban J connectivity index is 1.49. The average Bonchev–Trinajstić information content (AvgIpc) is 3.13. The molecule has 0 spiro atoms. The van der Waals surface area contributed by atoms with E-state index in [1.807, 2.05) is 25.1 Å². The van der Waals surface area contributed by atoms with Gasteiger partial charge in [0.25, 0.3) is 17.1 Å². The smallest absolute Gasteiger partial charge is 0.293 e. The number of ether oxygens (including phenoxy) is 2. The highest BCUT2D eigenvalue weighted by molar-refractivity contribution is 9.10. The van der Waals surface area contributed by atoms with Crippen molar-refractivity contribution >= 4 is 79.7 Å². The van der Waals surface area contributed by atoms with E-state index in [9.17, 15) is 14.4 Å². The summed E-state index contributed by atoms with van der Waals surface area (Å²) in [5.74, 6) is -0.0149. The maximum atomic E-state index is 13.0. The second kappa shape index (κ2) is 12.7. The number of hydrogen-bond acceptors (Lipinski definition) is 6. The van der Waals surface area contributed by atoms with Crippen LogP contribution in [0.1, 0.15) is 18.1 Å². The second-order valence-electron chi connectivity index (χ2n) is 7.98. The molecule has 0 unspecified atom stereocenters. The quantitative estimate of drug-likeness (QED) is 0.247. The number of hydrogen-bond donors (Lipinski definition) is 1. The van der Waals surface area contributed by atoms with Gasteiger partial charge >= 0.3 is 0 Å². The van der Waals surface area contributed by atoms with Crippen LogP contribution >= 0.6 is 50.9 Å². The van der Waals surface area contributed by atoms with Crippen molar-refractivity contribution in [2.45, 2.75) is 13.5 Å². The largest absolute Gasteiger partial charge is 0.490 e. The molecule has 1 saturated heterocycles. The minimum absolute atomic E-state index is 0.0740. The van der Waals surface area contributed by atoms with E-state index in [-0.39, 0.29) is 29.2 Å². The molecule has 196 valence electrons. The van der Waals surface area contributed by atoms with Crippen molar-refractivity contribution in [2.75, 3.05) is 18.5 Å². The van der Waals surface area contributed by atoms with Crippen molar-refractivity contribution in [3.8, 4) is 11.5 Å². The van der Waals surface area contributed by atoms with E-state index in [1.54, 1.807) is 48.5 Å². The molecule has 1 fully saturated rings. The highest BCUT2D eigenvalue weighted by Gasteiger charge is 2.35. The number of carbonyl (C=O) groups excluding carboxylic acids is 3. The third kappa shape index (κ3) is 6.91. The third-order valence-corrected chi connectivity index (χ3v) is 7.47. The SMILES string of the molecule is CCOc1cc(/C=C2\SC(=O)N(Cc3ccc(Cl)c(Cl)c3)C2=O)cc(Br)c1OCC(=O)Nc1ccccc1. The van der Waals surface area contributed by atoms with Crippen molar-refractivity contribution in [3.63, 3.8) is 0 Å². The van der Waals surface area contributed by atoms with E-state index in [4.69, 9.17) is 32.7 Å². The number of halogens is 3. The van der Waals surface area contributed by atoms with Crippen molar-refractivity contribution in [3.05, 3.63) is 91.2 Å². The molecular weight excluding hydrogens is 615 g/mol. The van der Waals surface area contributed by atoms with Crippen molar-refractivity contribution in [1.29, 1.82) is 0 Å². The number of rotatable bonds is 9. The zero-order valence-electron chi connectivity index (χ0n) is 20.0. The molecule has 4 rings (SSSR count). The molecule has 0 bridgehead atoms. The summed E-state index contributed by atoms with van der Waals surface area (Å²) < 4.78 is 12.0. The van der Waals surface area contributed by atoms with Gasteiger partial charge < -0.3 is 14.8 Å². The zero-order chi connectivity index (χ0) is 27.2. The molecule has 7 nitrogen and oxygen atoms in total. The molecule has 0 aromatic heterocycles. The van der Waals surface area contributed by atoms with Crippen LogP contribution in [0.3, 0.4) is 0 Å². The summed E-state index contributed by atoms with van der Waals surface area (Å²) >= 11 is 16.3. The highest BCUT2D eigenvalue weighted by Crippen LogP contribution is 2.39. The molecule has 38 heavy (non-hydrogen) atoms. The van der Waals surface area contributed by atoms with Gasteiger partial charge in [-0.15, -0.1) is 0 Å².